The topological polar surface area (TPSA) is 79.8 Å². The quantitative estimate of drug-likeness (QED) is 0.489. The Labute approximate surface area is 141 Å². The Hall–Kier alpha value is -2.67. The molecule has 0 heterocycles. The third-order valence-corrected chi connectivity index (χ3v) is 3.56. The number of para-hydroxylation sites is 2. The Morgan fingerprint density at radius 2 is 1.78 bits per heavy atom. The lowest BCUT2D eigenvalue weighted by molar-refractivity contribution is -0.136. The first kappa shape index (κ1) is 16.7. The van der Waals surface area contributed by atoms with Crippen molar-refractivity contribution >= 4 is 39.6 Å². The maximum atomic E-state index is 11.8. The van der Waals surface area contributed by atoms with Gasteiger partial charge in [-0.15, -0.1) is 0 Å². The maximum absolute atomic E-state index is 11.8. The summed E-state index contributed by atoms with van der Waals surface area (Å²) in [6, 6.07) is 14.2. The van der Waals surface area contributed by atoms with Crippen molar-refractivity contribution in [1.82, 2.24) is 5.43 Å². The zero-order chi connectivity index (χ0) is 16.7. The van der Waals surface area contributed by atoms with Gasteiger partial charge in [-0.3, -0.25) is 9.59 Å². The van der Waals surface area contributed by atoms with E-state index < -0.39 is 11.8 Å². The van der Waals surface area contributed by atoms with Gasteiger partial charge in [0.15, 0.2) is 0 Å². The van der Waals surface area contributed by atoms with Crippen molar-refractivity contribution in [2.24, 2.45) is 5.10 Å². The fourth-order valence-corrected chi connectivity index (χ4v) is 2.11. The first-order valence-electron chi connectivity index (χ1n) is 6.63. The summed E-state index contributed by atoms with van der Waals surface area (Å²) in [7, 11) is 1.48. The van der Waals surface area contributed by atoms with E-state index in [9.17, 15) is 9.59 Å². The van der Waals surface area contributed by atoms with Crippen LogP contribution in [0.5, 0.6) is 5.75 Å². The van der Waals surface area contributed by atoms with Crippen molar-refractivity contribution < 1.29 is 14.3 Å². The number of halogens is 1. The van der Waals surface area contributed by atoms with E-state index in [2.05, 4.69) is 31.8 Å². The Morgan fingerprint density at radius 3 is 2.52 bits per heavy atom. The number of anilines is 1. The van der Waals surface area contributed by atoms with Gasteiger partial charge >= 0.3 is 11.8 Å². The number of hydrazone groups is 1. The highest BCUT2D eigenvalue weighted by Crippen LogP contribution is 2.22. The molecule has 0 unspecified atom stereocenters. The normalized spacial score (nSPS) is 10.3. The molecule has 2 N–H and O–H groups in total. The minimum absolute atomic E-state index is 0.407. The Balaban J connectivity index is 1.95. The summed E-state index contributed by atoms with van der Waals surface area (Å²) >= 11 is 3.36. The van der Waals surface area contributed by atoms with Crippen molar-refractivity contribution in [2.75, 3.05) is 12.4 Å². The molecular weight excluding hydrogens is 362 g/mol. The van der Waals surface area contributed by atoms with Crippen LogP contribution in [-0.2, 0) is 9.59 Å². The Bertz CT molecular complexity index is 747. The van der Waals surface area contributed by atoms with E-state index in [-0.39, 0.29) is 0 Å². The van der Waals surface area contributed by atoms with Crippen LogP contribution in [-0.4, -0.2) is 25.1 Å². The lowest BCUT2D eigenvalue weighted by atomic mass is 10.2. The maximum Gasteiger partial charge on any atom is 0.329 e. The summed E-state index contributed by atoms with van der Waals surface area (Å²) in [5, 5.41) is 6.22. The largest absolute Gasteiger partial charge is 0.495 e. The summed E-state index contributed by atoms with van der Waals surface area (Å²) in [5.41, 5.74) is 3.36. The number of ether oxygens (including phenoxy) is 1. The number of benzene rings is 2. The molecule has 0 aliphatic rings. The van der Waals surface area contributed by atoms with Crippen LogP contribution in [0.4, 0.5) is 5.69 Å². The number of methoxy groups -OCH3 is 1. The van der Waals surface area contributed by atoms with Gasteiger partial charge in [0.05, 0.1) is 19.0 Å². The number of nitrogens with zero attached hydrogens (tertiary/aromatic N) is 1. The summed E-state index contributed by atoms with van der Waals surface area (Å²) in [6.45, 7) is 0. The zero-order valence-corrected chi connectivity index (χ0v) is 13.8. The Kier molecular flexibility index (Phi) is 5.87. The molecule has 0 saturated heterocycles. The van der Waals surface area contributed by atoms with Crippen LogP contribution in [0.15, 0.2) is 58.1 Å². The first-order chi connectivity index (χ1) is 11.1. The average molecular weight is 376 g/mol. The minimum Gasteiger partial charge on any atom is -0.495 e. The SMILES string of the molecule is COc1ccccc1NC(=O)C(=O)N/N=C\c1ccccc1Br. The highest BCUT2D eigenvalue weighted by atomic mass is 79.9. The number of carbonyl (C=O) groups is 2. The summed E-state index contributed by atoms with van der Waals surface area (Å²) in [4.78, 5) is 23.6. The zero-order valence-electron chi connectivity index (χ0n) is 12.2. The second-order valence-corrected chi connectivity index (χ2v) is 5.23. The van der Waals surface area contributed by atoms with E-state index >= 15 is 0 Å². The Morgan fingerprint density at radius 1 is 1.09 bits per heavy atom. The van der Waals surface area contributed by atoms with E-state index in [4.69, 9.17) is 4.74 Å². The molecule has 0 saturated carbocycles. The highest BCUT2D eigenvalue weighted by molar-refractivity contribution is 9.10. The van der Waals surface area contributed by atoms with Crippen molar-refractivity contribution in [3.8, 4) is 5.75 Å². The molecule has 118 valence electrons. The molecule has 7 heteroatoms. The average Bonchev–Trinajstić information content (AvgIpc) is 2.57. The number of hydrogen-bond donors (Lipinski definition) is 2. The summed E-state index contributed by atoms with van der Waals surface area (Å²) in [6.07, 6.45) is 1.44. The van der Waals surface area contributed by atoms with E-state index in [0.29, 0.717) is 11.4 Å². The lowest BCUT2D eigenvalue weighted by Crippen LogP contribution is -2.32. The van der Waals surface area contributed by atoms with Crippen LogP contribution in [0.25, 0.3) is 0 Å². The van der Waals surface area contributed by atoms with Gasteiger partial charge in [-0.05, 0) is 18.2 Å². The van der Waals surface area contributed by atoms with Crippen LogP contribution < -0.4 is 15.5 Å². The van der Waals surface area contributed by atoms with Gasteiger partial charge in [0.25, 0.3) is 0 Å². The number of hydrogen-bond acceptors (Lipinski definition) is 4. The predicted molar refractivity (Wildman–Crippen MR) is 91.5 cm³/mol. The molecule has 6 nitrogen and oxygen atoms in total. The van der Waals surface area contributed by atoms with Crippen LogP contribution >= 0.6 is 15.9 Å². The molecule has 0 fully saturated rings. The molecule has 0 bridgehead atoms. The van der Waals surface area contributed by atoms with E-state index in [0.717, 1.165) is 10.0 Å². The van der Waals surface area contributed by atoms with Crippen molar-refractivity contribution in [1.29, 1.82) is 0 Å². The minimum atomic E-state index is -0.876. The van der Waals surface area contributed by atoms with Crippen LogP contribution in [0.2, 0.25) is 0 Å². The van der Waals surface area contributed by atoms with Gasteiger partial charge in [0.2, 0.25) is 0 Å². The van der Waals surface area contributed by atoms with Gasteiger partial charge in [0.1, 0.15) is 5.75 Å². The molecular formula is C16H14BrN3O3. The second-order valence-electron chi connectivity index (χ2n) is 4.38. The molecule has 0 atom stereocenters. The molecule has 23 heavy (non-hydrogen) atoms. The monoisotopic (exact) mass is 375 g/mol. The second kappa shape index (κ2) is 8.09. The fraction of sp³-hybridized carbons (Fsp3) is 0.0625. The molecule has 0 aliphatic heterocycles. The summed E-state index contributed by atoms with van der Waals surface area (Å²) < 4.78 is 5.93. The van der Waals surface area contributed by atoms with Crippen LogP contribution in [0.1, 0.15) is 5.56 Å². The van der Waals surface area contributed by atoms with Crippen LogP contribution in [0, 0.1) is 0 Å². The van der Waals surface area contributed by atoms with Crippen molar-refractivity contribution in [2.45, 2.75) is 0 Å². The van der Waals surface area contributed by atoms with E-state index in [1.807, 2.05) is 24.3 Å². The summed E-state index contributed by atoms with van der Waals surface area (Å²) in [5.74, 6) is -1.25. The molecule has 0 aromatic heterocycles. The van der Waals surface area contributed by atoms with Gasteiger partial charge in [0, 0.05) is 10.0 Å². The molecule has 2 aromatic rings. The van der Waals surface area contributed by atoms with Crippen molar-refractivity contribution in [3.63, 3.8) is 0 Å². The van der Waals surface area contributed by atoms with Gasteiger partial charge in [-0.25, -0.2) is 5.43 Å². The van der Waals surface area contributed by atoms with Crippen molar-refractivity contribution in [3.05, 3.63) is 58.6 Å². The lowest BCUT2D eigenvalue weighted by Gasteiger charge is -2.08. The third kappa shape index (κ3) is 4.65. The van der Waals surface area contributed by atoms with Crippen LogP contribution in [0.3, 0.4) is 0 Å². The van der Waals surface area contributed by atoms with Gasteiger partial charge in [-0.2, -0.15) is 5.10 Å². The molecule has 2 rings (SSSR count). The number of amides is 2. The predicted octanol–water partition coefficient (Wildman–Crippen LogP) is 2.55. The van der Waals surface area contributed by atoms with Gasteiger partial charge in [-0.1, -0.05) is 46.3 Å². The molecule has 0 radical (unpaired) electrons. The smallest absolute Gasteiger partial charge is 0.329 e. The van der Waals surface area contributed by atoms with E-state index in [1.165, 1.54) is 13.3 Å². The molecule has 2 amide bonds. The molecule has 2 aromatic carbocycles. The number of carbonyl (C=O) groups excluding carboxylic acids is 2. The standard InChI is InChI=1S/C16H14BrN3O3/c1-23-14-9-5-4-8-13(14)19-15(21)16(22)20-18-10-11-6-2-3-7-12(11)17/h2-10H,1H3,(H,19,21)(H,20,22)/b18-10-. The molecule has 0 aliphatic carbocycles. The molecule has 0 spiro atoms. The first-order valence-corrected chi connectivity index (χ1v) is 7.43. The highest BCUT2D eigenvalue weighted by Gasteiger charge is 2.14. The van der Waals surface area contributed by atoms with E-state index in [1.54, 1.807) is 24.3 Å². The van der Waals surface area contributed by atoms with Gasteiger partial charge < -0.3 is 10.1 Å². The fourth-order valence-electron chi connectivity index (χ4n) is 1.72. The number of rotatable bonds is 4. The number of nitrogens with one attached hydrogen (secondary N) is 2. The third-order valence-electron chi connectivity index (χ3n) is 2.84.